The van der Waals surface area contributed by atoms with Gasteiger partial charge in [-0.15, -0.1) is 5.10 Å². The van der Waals surface area contributed by atoms with Crippen LogP contribution in [0.2, 0.25) is 0 Å². The van der Waals surface area contributed by atoms with Gasteiger partial charge in [-0.05, 0) is 25.5 Å². The lowest BCUT2D eigenvalue weighted by Crippen LogP contribution is -2.10. The number of hydrazine groups is 1. The van der Waals surface area contributed by atoms with Gasteiger partial charge in [-0.2, -0.15) is 0 Å². The summed E-state index contributed by atoms with van der Waals surface area (Å²) in [7, 11) is 0. The van der Waals surface area contributed by atoms with E-state index in [1.807, 2.05) is 23.6 Å². The minimum atomic E-state index is 0.650. The number of aryl methyl sites for hydroxylation is 2. The van der Waals surface area contributed by atoms with Crippen molar-refractivity contribution in [3.05, 3.63) is 23.7 Å². The maximum Gasteiger partial charge on any atom is 0.161 e. The number of hydrogen-bond acceptors (Lipinski definition) is 4. The van der Waals surface area contributed by atoms with E-state index in [4.69, 9.17) is 5.84 Å². The van der Waals surface area contributed by atoms with Crippen LogP contribution >= 0.6 is 0 Å². The Kier molecular flexibility index (Phi) is 2.55. The summed E-state index contributed by atoms with van der Waals surface area (Å²) in [5.74, 6) is 6.96. The third-order valence-electron chi connectivity index (χ3n) is 2.37. The van der Waals surface area contributed by atoms with Crippen molar-refractivity contribution in [2.45, 2.75) is 26.7 Å². The van der Waals surface area contributed by atoms with E-state index in [9.17, 15) is 0 Å². The van der Waals surface area contributed by atoms with E-state index in [0.717, 1.165) is 29.9 Å². The lowest BCUT2D eigenvalue weighted by atomic mass is 10.3. The third-order valence-corrected chi connectivity index (χ3v) is 2.37. The van der Waals surface area contributed by atoms with Crippen molar-refractivity contribution in [2.75, 3.05) is 5.43 Å². The molecule has 2 rings (SSSR count). The van der Waals surface area contributed by atoms with Crippen LogP contribution in [0.4, 0.5) is 5.82 Å². The van der Waals surface area contributed by atoms with Crippen molar-refractivity contribution < 1.29 is 0 Å². The lowest BCUT2D eigenvalue weighted by Gasteiger charge is -2.01. The van der Waals surface area contributed by atoms with Crippen molar-refractivity contribution >= 4 is 11.3 Å². The van der Waals surface area contributed by atoms with Crippen LogP contribution in [-0.2, 0) is 6.42 Å². The standard InChI is InChI=1S/C10H15N5/c1-3-4-10-12-7(2)8-5-6-9(13-11)14-15(8)10/h5-6H,3-4,11H2,1-2H3,(H,13,14). The van der Waals surface area contributed by atoms with E-state index >= 15 is 0 Å². The molecule has 3 N–H and O–H groups in total. The molecule has 2 aromatic heterocycles. The molecule has 0 atom stereocenters. The van der Waals surface area contributed by atoms with Crippen molar-refractivity contribution in [2.24, 2.45) is 5.84 Å². The van der Waals surface area contributed by atoms with Gasteiger partial charge in [0, 0.05) is 6.42 Å². The van der Waals surface area contributed by atoms with Crippen LogP contribution in [-0.4, -0.2) is 14.6 Å². The molecule has 0 fully saturated rings. The highest BCUT2D eigenvalue weighted by molar-refractivity contribution is 5.54. The van der Waals surface area contributed by atoms with Gasteiger partial charge in [0.05, 0.1) is 11.2 Å². The van der Waals surface area contributed by atoms with Crippen LogP contribution in [0.25, 0.3) is 5.52 Å². The number of fused-ring (bicyclic) bond motifs is 1. The molecule has 0 radical (unpaired) electrons. The zero-order valence-corrected chi connectivity index (χ0v) is 8.99. The van der Waals surface area contributed by atoms with Gasteiger partial charge in [-0.3, -0.25) is 0 Å². The Morgan fingerprint density at radius 2 is 2.27 bits per heavy atom. The first-order chi connectivity index (χ1) is 7.26. The van der Waals surface area contributed by atoms with Crippen LogP contribution in [0.15, 0.2) is 12.1 Å². The normalized spacial score (nSPS) is 10.9. The number of rotatable bonds is 3. The second-order valence-corrected chi connectivity index (χ2v) is 3.52. The van der Waals surface area contributed by atoms with E-state index in [-0.39, 0.29) is 0 Å². The van der Waals surface area contributed by atoms with Crippen LogP contribution in [0.5, 0.6) is 0 Å². The minimum Gasteiger partial charge on any atom is -0.307 e. The Morgan fingerprint density at radius 3 is 2.93 bits per heavy atom. The highest BCUT2D eigenvalue weighted by Gasteiger charge is 2.08. The van der Waals surface area contributed by atoms with Crippen LogP contribution < -0.4 is 11.3 Å². The highest BCUT2D eigenvalue weighted by atomic mass is 15.3. The van der Waals surface area contributed by atoms with Gasteiger partial charge < -0.3 is 5.43 Å². The molecule has 0 spiro atoms. The van der Waals surface area contributed by atoms with E-state index in [1.165, 1.54) is 0 Å². The first-order valence-electron chi connectivity index (χ1n) is 5.08. The average molecular weight is 205 g/mol. The first-order valence-corrected chi connectivity index (χ1v) is 5.08. The molecule has 0 aliphatic heterocycles. The number of imidazole rings is 1. The summed E-state index contributed by atoms with van der Waals surface area (Å²) in [4.78, 5) is 4.49. The van der Waals surface area contributed by atoms with Gasteiger partial charge in [0.2, 0.25) is 0 Å². The van der Waals surface area contributed by atoms with Gasteiger partial charge in [-0.25, -0.2) is 15.3 Å². The molecule has 5 heteroatoms. The molecule has 0 aromatic carbocycles. The quantitative estimate of drug-likeness (QED) is 0.585. The SMILES string of the molecule is CCCc1nc(C)c2ccc(NN)nn12. The summed E-state index contributed by atoms with van der Waals surface area (Å²) < 4.78 is 1.86. The average Bonchev–Trinajstić information content (AvgIpc) is 2.56. The number of anilines is 1. The first kappa shape index (κ1) is 9.92. The van der Waals surface area contributed by atoms with Crippen molar-refractivity contribution in [3.8, 4) is 0 Å². The van der Waals surface area contributed by atoms with Crippen LogP contribution in [0, 0.1) is 6.92 Å². The predicted molar refractivity (Wildman–Crippen MR) is 59.5 cm³/mol. The van der Waals surface area contributed by atoms with Crippen molar-refractivity contribution in [1.29, 1.82) is 0 Å². The largest absolute Gasteiger partial charge is 0.307 e. The number of nitrogen functional groups attached to an aromatic ring is 1. The van der Waals surface area contributed by atoms with E-state index < -0.39 is 0 Å². The lowest BCUT2D eigenvalue weighted by molar-refractivity contribution is 0.775. The summed E-state index contributed by atoms with van der Waals surface area (Å²) in [5, 5.41) is 4.35. The van der Waals surface area contributed by atoms with Gasteiger partial charge in [0.25, 0.3) is 0 Å². The summed E-state index contributed by atoms with van der Waals surface area (Å²) in [6.45, 7) is 4.12. The molecule has 0 aliphatic carbocycles. The molecule has 0 amide bonds. The molecular formula is C10H15N5. The van der Waals surface area contributed by atoms with Crippen molar-refractivity contribution in [1.82, 2.24) is 14.6 Å². The maximum absolute atomic E-state index is 5.33. The molecule has 0 saturated carbocycles. The number of hydrogen-bond donors (Lipinski definition) is 2. The van der Waals surface area contributed by atoms with Crippen LogP contribution in [0.3, 0.4) is 0 Å². The van der Waals surface area contributed by atoms with E-state index in [0.29, 0.717) is 5.82 Å². The second kappa shape index (κ2) is 3.86. The van der Waals surface area contributed by atoms with Gasteiger partial charge >= 0.3 is 0 Å². The van der Waals surface area contributed by atoms with Gasteiger partial charge in [0.1, 0.15) is 5.82 Å². The number of nitrogens with one attached hydrogen (secondary N) is 1. The monoisotopic (exact) mass is 205 g/mol. The summed E-state index contributed by atoms with van der Waals surface area (Å²) >= 11 is 0. The molecule has 5 nitrogen and oxygen atoms in total. The predicted octanol–water partition coefficient (Wildman–Crippen LogP) is 1.28. The highest BCUT2D eigenvalue weighted by Crippen LogP contribution is 2.14. The van der Waals surface area contributed by atoms with Crippen LogP contribution in [0.1, 0.15) is 24.9 Å². The Balaban J connectivity index is 2.60. The Hall–Kier alpha value is -1.62. The topological polar surface area (TPSA) is 68.2 Å². The smallest absolute Gasteiger partial charge is 0.161 e. The second-order valence-electron chi connectivity index (χ2n) is 3.52. The molecule has 2 aromatic rings. The molecule has 2 heterocycles. The number of nitrogens with two attached hydrogens (primary N) is 1. The fourth-order valence-electron chi connectivity index (χ4n) is 1.65. The molecule has 0 bridgehead atoms. The number of nitrogens with zero attached hydrogens (tertiary/aromatic N) is 3. The van der Waals surface area contributed by atoms with Crippen molar-refractivity contribution in [3.63, 3.8) is 0 Å². The van der Waals surface area contributed by atoms with Gasteiger partial charge in [-0.1, -0.05) is 6.92 Å². The van der Waals surface area contributed by atoms with Gasteiger partial charge in [0.15, 0.2) is 5.82 Å². The summed E-state index contributed by atoms with van der Waals surface area (Å²) in [5.41, 5.74) is 4.59. The zero-order chi connectivity index (χ0) is 10.8. The maximum atomic E-state index is 5.33. The number of aromatic nitrogens is 3. The fraction of sp³-hybridized carbons (Fsp3) is 0.400. The molecule has 0 saturated heterocycles. The summed E-state index contributed by atoms with van der Waals surface area (Å²) in [6.07, 6.45) is 1.98. The Bertz CT molecular complexity index is 474. The van der Waals surface area contributed by atoms with E-state index in [2.05, 4.69) is 22.4 Å². The van der Waals surface area contributed by atoms with E-state index in [1.54, 1.807) is 0 Å². The molecule has 80 valence electrons. The molecule has 15 heavy (non-hydrogen) atoms. The molecule has 0 unspecified atom stereocenters. The summed E-state index contributed by atoms with van der Waals surface area (Å²) in [6, 6.07) is 3.82. The molecular weight excluding hydrogens is 190 g/mol. The Labute approximate surface area is 88.3 Å². The minimum absolute atomic E-state index is 0.650. The Morgan fingerprint density at radius 1 is 1.47 bits per heavy atom. The molecule has 0 aliphatic rings. The fourth-order valence-corrected chi connectivity index (χ4v) is 1.65. The third kappa shape index (κ3) is 1.66. The zero-order valence-electron chi connectivity index (χ0n) is 8.99.